The van der Waals surface area contributed by atoms with Gasteiger partial charge in [0.1, 0.15) is 0 Å². The maximum atomic E-state index is 5.81. The number of nitrogens with zero attached hydrogens (tertiary/aromatic N) is 1. The molecule has 0 amide bonds. The molecule has 1 aliphatic carbocycles. The molecule has 0 spiro atoms. The molecular formula is C11H18N2S. The Bertz CT molecular complexity index is 341. The highest BCUT2D eigenvalue weighted by Gasteiger charge is 2.33. The van der Waals surface area contributed by atoms with E-state index in [-0.39, 0.29) is 0 Å². The summed E-state index contributed by atoms with van der Waals surface area (Å²) in [6.07, 6.45) is 2.35. The first-order chi connectivity index (χ1) is 6.52. The van der Waals surface area contributed by atoms with Crippen LogP contribution in [0.15, 0.2) is 0 Å². The molecule has 0 fully saturated rings. The minimum absolute atomic E-state index is 0.399. The molecule has 0 aromatic carbocycles. The van der Waals surface area contributed by atoms with E-state index in [1.165, 1.54) is 28.4 Å². The van der Waals surface area contributed by atoms with Gasteiger partial charge in [-0.25, -0.2) is 4.98 Å². The zero-order valence-electron chi connectivity index (χ0n) is 9.13. The summed E-state index contributed by atoms with van der Waals surface area (Å²) in [5, 5.41) is 1.19. The van der Waals surface area contributed by atoms with Crippen molar-refractivity contribution in [2.75, 3.05) is 6.54 Å². The van der Waals surface area contributed by atoms with E-state index in [4.69, 9.17) is 5.73 Å². The topological polar surface area (TPSA) is 38.9 Å². The first-order valence-corrected chi connectivity index (χ1v) is 6.00. The predicted octanol–water partition coefficient (Wildman–Crippen LogP) is 2.47. The quantitative estimate of drug-likeness (QED) is 0.773. The van der Waals surface area contributed by atoms with Gasteiger partial charge in [0.05, 0.1) is 10.7 Å². The lowest BCUT2D eigenvalue weighted by Gasteiger charge is -2.33. The Balaban J connectivity index is 2.40. The van der Waals surface area contributed by atoms with Gasteiger partial charge in [0, 0.05) is 17.3 Å². The van der Waals surface area contributed by atoms with Gasteiger partial charge in [-0.2, -0.15) is 0 Å². The minimum atomic E-state index is 0.399. The number of hydrogen-bond donors (Lipinski definition) is 1. The predicted molar refractivity (Wildman–Crippen MR) is 60.7 cm³/mol. The second-order valence-electron chi connectivity index (χ2n) is 5.02. The lowest BCUT2D eigenvalue weighted by atomic mass is 9.73. The van der Waals surface area contributed by atoms with Crippen molar-refractivity contribution >= 4 is 11.3 Å². The van der Waals surface area contributed by atoms with Gasteiger partial charge in [0.25, 0.3) is 0 Å². The van der Waals surface area contributed by atoms with Crippen LogP contribution in [-0.2, 0) is 6.42 Å². The van der Waals surface area contributed by atoms with Gasteiger partial charge in [0.2, 0.25) is 0 Å². The molecule has 0 radical (unpaired) electrons. The smallest absolute Gasteiger partial charge is 0.0900 e. The number of aromatic nitrogens is 1. The van der Waals surface area contributed by atoms with Gasteiger partial charge in [-0.05, 0) is 25.2 Å². The standard InChI is InChI=1S/C11H18N2S/c1-7-13-10-8(6-12)4-11(2,3)5-9(10)14-7/h8H,4-6,12H2,1-3H3. The average molecular weight is 210 g/mol. The summed E-state index contributed by atoms with van der Waals surface area (Å²) >= 11 is 1.84. The van der Waals surface area contributed by atoms with E-state index in [0.29, 0.717) is 11.3 Å². The third kappa shape index (κ3) is 1.71. The van der Waals surface area contributed by atoms with E-state index in [9.17, 15) is 0 Å². The molecule has 1 heterocycles. The van der Waals surface area contributed by atoms with E-state index in [0.717, 1.165) is 6.54 Å². The van der Waals surface area contributed by atoms with Crippen LogP contribution in [0.4, 0.5) is 0 Å². The number of aryl methyl sites for hydroxylation is 1. The van der Waals surface area contributed by atoms with Crippen molar-refractivity contribution in [2.45, 2.75) is 39.5 Å². The van der Waals surface area contributed by atoms with Crippen LogP contribution in [0.25, 0.3) is 0 Å². The van der Waals surface area contributed by atoms with Crippen LogP contribution in [0, 0.1) is 12.3 Å². The second-order valence-corrected chi connectivity index (χ2v) is 6.31. The van der Waals surface area contributed by atoms with Gasteiger partial charge >= 0.3 is 0 Å². The monoisotopic (exact) mass is 210 g/mol. The largest absolute Gasteiger partial charge is 0.330 e. The van der Waals surface area contributed by atoms with Crippen molar-refractivity contribution in [3.05, 3.63) is 15.6 Å². The molecule has 0 bridgehead atoms. The molecule has 1 aliphatic rings. The van der Waals surface area contributed by atoms with Gasteiger partial charge < -0.3 is 5.73 Å². The maximum absolute atomic E-state index is 5.81. The fraction of sp³-hybridized carbons (Fsp3) is 0.727. The third-order valence-electron chi connectivity index (χ3n) is 2.94. The Morgan fingerprint density at radius 2 is 2.29 bits per heavy atom. The molecular weight excluding hydrogens is 192 g/mol. The summed E-state index contributed by atoms with van der Waals surface area (Å²) in [6.45, 7) is 7.48. The normalized spacial score (nSPS) is 24.7. The van der Waals surface area contributed by atoms with E-state index in [1.807, 2.05) is 11.3 Å². The van der Waals surface area contributed by atoms with Gasteiger partial charge in [-0.1, -0.05) is 13.8 Å². The first-order valence-electron chi connectivity index (χ1n) is 5.18. The molecule has 14 heavy (non-hydrogen) atoms. The average Bonchev–Trinajstić information content (AvgIpc) is 2.41. The van der Waals surface area contributed by atoms with Crippen molar-refractivity contribution in [1.82, 2.24) is 4.98 Å². The highest BCUT2D eigenvalue weighted by Crippen LogP contribution is 2.43. The molecule has 2 N–H and O–H groups in total. The fourth-order valence-corrected chi connectivity index (χ4v) is 3.68. The van der Waals surface area contributed by atoms with Gasteiger partial charge in [-0.3, -0.25) is 0 Å². The molecule has 0 saturated heterocycles. The van der Waals surface area contributed by atoms with Crippen LogP contribution in [0.1, 0.15) is 41.8 Å². The Morgan fingerprint density at radius 3 is 2.93 bits per heavy atom. The Morgan fingerprint density at radius 1 is 1.57 bits per heavy atom. The Kier molecular flexibility index (Phi) is 2.40. The van der Waals surface area contributed by atoms with Gasteiger partial charge in [0.15, 0.2) is 0 Å². The van der Waals surface area contributed by atoms with Crippen LogP contribution >= 0.6 is 11.3 Å². The van der Waals surface area contributed by atoms with Gasteiger partial charge in [-0.15, -0.1) is 11.3 Å². The summed E-state index contributed by atoms with van der Waals surface area (Å²) in [7, 11) is 0. The van der Waals surface area contributed by atoms with E-state index >= 15 is 0 Å². The Labute approximate surface area is 89.5 Å². The molecule has 1 atom stereocenters. The molecule has 3 heteroatoms. The van der Waals surface area contributed by atoms with E-state index in [2.05, 4.69) is 25.8 Å². The summed E-state index contributed by atoms with van der Waals surface area (Å²) in [5.74, 6) is 0.485. The highest BCUT2D eigenvalue weighted by molar-refractivity contribution is 7.11. The first kappa shape index (κ1) is 10.1. The molecule has 2 nitrogen and oxygen atoms in total. The lowest BCUT2D eigenvalue weighted by molar-refractivity contribution is 0.283. The Hall–Kier alpha value is -0.410. The summed E-state index contributed by atoms with van der Waals surface area (Å²) in [4.78, 5) is 6.07. The molecule has 1 aromatic rings. The van der Waals surface area contributed by atoms with Crippen molar-refractivity contribution in [3.63, 3.8) is 0 Å². The summed E-state index contributed by atoms with van der Waals surface area (Å²) in [5.41, 5.74) is 7.50. The van der Waals surface area contributed by atoms with Crippen molar-refractivity contribution in [3.8, 4) is 0 Å². The molecule has 1 aromatic heterocycles. The third-order valence-corrected chi connectivity index (χ3v) is 3.93. The fourth-order valence-electron chi connectivity index (χ4n) is 2.40. The SMILES string of the molecule is Cc1nc2c(s1)CC(C)(C)CC2CN. The molecule has 0 aliphatic heterocycles. The van der Waals surface area contributed by atoms with Crippen LogP contribution < -0.4 is 5.73 Å². The zero-order chi connectivity index (χ0) is 10.3. The highest BCUT2D eigenvalue weighted by atomic mass is 32.1. The number of hydrogen-bond acceptors (Lipinski definition) is 3. The van der Waals surface area contributed by atoms with E-state index in [1.54, 1.807) is 0 Å². The summed E-state index contributed by atoms with van der Waals surface area (Å²) in [6, 6.07) is 0. The lowest BCUT2D eigenvalue weighted by Crippen LogP contribution is -2.28. The molecule has 78 valence electrons. The van der Waals surface area contributed by atoms with Crippen molar-refractivity contribution in [2.24, 2.45) is 11.1 Å². The number of thiazole rings is 1. The van der Waals surface area contributed by atoms with Crippen molar-refractivity contribution < 1.29 is 0 Å². The van der Waals surface area contributed by atoms with Crippen molar-refractivity contribution in [1.29, 1.82) is 0 Å². The maximum Gasteiger partial charge on any atom is 0.0900 e. The number of nitrogens with two attached hydrogens (primary N) is 1. The summed E-state index contributed by atoms with van der Waals surface area (Å²) < 4.78 is 0. The second kappa shape index (κ2) is 3.31. The van der Waals surface area contributed by atoms with Crippen LogP contribution in [0.2, 0.25) is 0 Å². The van der Waals surface area contributed by atoms with Crippen LogP contribution in [0.5, 0.6) is 0 Å². The molecule has 1 unspecified atom stereocenters. The molecule has 2 rings (SSSR count). The number of fused-ring (bicyclic) bond motifs is 1. The zero-order valence-corrected chi connectivity index (χ0v) is 9.95. The van der Waals surface area contributed by atoms with Crippen LogP contribution in [0.3, 0.4) is 0 Å². The number of rotatable bonds is 1. The molecule has 0 saturated carbocycles. The minimum Gasteiger partial charge on any atom is -0.330 e. The van der Waals surface area contributed by atoms with Crippen LogP contribution in [-0.4, -0.2) is 11.5 Å². The van der Waals surface area contributed by atoms with E-state index < -0.39 is 0 Å².